The van der Waals surface area contributed by atoms with Crippen molar-refractivity contribution >= 4 is 11.8 Å². The lowest BCUT2D eigenvalue weighted by molar-refractivity contribution is -0.118. The molecule has 134 valence electrons. The number of nitrogens with one attached hydrogen (secondary N) is 1. The molecule has 0 spiro atoms. The summed E-state index contributed by atoms with van der Waals surface area (Å²) < 4.78 is 36.7. The minimum atomic E-state index is -0.988. The maximum Gasteiger partial charge on any atom is 0.264 e. The number of anilines is 1. The van der Waals surface area contributed by atoms with Crippen molar-refractivity contribution in [1.29, 1.82) is 0 Å². The fraction of sp³-hybridized carbons (Fsp3) is 0.158. The standard InChI is InChI=1S/C19H16F2N2O3/c1-11-3-5-14(7-12(11)2)25-10-18(24)22-19-9-17(23-26-19)13-4-6-15(20)16(21)8-13/h3-9H,10H2,1-2H3,(H,22,24). The van der Waals surface area contributed by atoms with Gasteiger partial charge in [-0.05, 0) is 55.3 Å². The second kappa shape index (κ2) is 7.35. The Labute approximate surface area is 148 Å². The van der Waals surface area contributed by atoms with Gasteiger partial charge in [0.25, 0.3) is 5.91 Å². The molecule has 1 amide bonds. The predicted octanol–water partition coefficient (Wildman–Crippen LogP) is 4.25. The highest BCUT2D eigenvalue weighted by Gasteiger charge is 2.12. The first-order valence-corrected chi connectivity index (χ1v) is 7.84. The van der Waals surface area contributed by atoms with E-state index >= 15 is 0 Å². The minimum absolute atomic E-state index is 0.0819. The number of aryl methyl sites for hydroxylation is 2. The van der Waals surface area contributed by atoms with Crippen LogP contribution < -0.4 is 10.1 Å². The van der Waals surface area contributed by atoms with E-state index in [-0.39, 0.29) is 18.2 Å². The van der Waals surface area contributed by atoms with E-state index in [9.17, 15) is 13.6 Å². The molecule has 0 atom stereocenters. The summed E-state index contributed by atoms with van der Waals surface area (Å²) in [5, 5.41) is 6.22. The smallest absolute Gasteiger partial charge is 0.264 e. The molecule has 0 aliphatic heterocycles. The van der Waals surface area contributed by atoms with Crippen molar-refractivity contribution < 1.29 is 22.8 Å². The van der Waals surface area contributed by atoms with Crippen LogP contribution in [0.15, 0.2) is 47.0 Å². The van der Waals surface area contributed by atoms with Crippen LogP contribution in [-0.2, 0) is 4.79 Å². The Morgan fingerprint density at radius 2 is 1.88 bits per heavy atom. The van der Waals surface area contributed by atoms with Crippen molar-refractivity contribution in [3.8, 4) is 17.0 Å². The van der Waals surface area contributed by atoms with E-state index in [0.29, 0.717) is 11.3 Å². The van der Waals surface area contributed by atoms with Gasteiger partial charge in [-0.1, -0.05) is 11.2 Å². The predicted molar refractivity (Wildman–Crippen MR) is 91.9 cm³/mol. The van der Waals surface area contributed by atoms with Crippen molar-refractivity contribution in [1.82, 2.24) is 5.16 Å². The summed E-state index contributed by atoms with van der Waals surface area (Å²) in [4.78, 5) is 11.9. The van der Waals surface area contributed by atoms with Gasteiger partial charge in [-0.3, -0.25) is 10.1 Å². The SMILES string of the molecule is Cc1ccc(OCC(=O)Nc2cc(-c3ccc(F)c(F)c3)no2)cc1C. The fourth-order valence-corrected chi connectivity index (χ4v) is 2.25. The number of aromatic nitrogens is 1. The lowest BCUT2D eigenvalue weighted by Crippen LogP contribution is -2.19. The van der Waals surface area contributed by atoms with Gasteiger partial charge in [0.15, 0.2) is 18.2 Å². The Kier molecular flexibility index (Phi) is 4.97. The van der Waals surface area contributed by atoms with Crippen LogP contribution in [0.2, 0.25) is 0 Å². The minimum Gasteiger partial charge on any atom is -0.484 e. The Balaban J connectivity index is 1.60. The molecule has 26 heavy (non-hydrogen) atoms. The van der Waals surface area contributed by atoms with E-state index in [1.54, 1.807) is 6.07 Å². The number of amides is 1. The van der Waals surface area contributed by atoms with Gasteiger partial charge in [0.1, 0.15) is 11.4 Å². The van der Waals surface area contributed by atoms with Crippen LogP contribution in [0.3, 0.4) is 0 Å². The average molecular weight is 358 g/mol. The lowest BCUT2D eigenvalue weighted by atomic mass is 10.1. The van der Waals surface area contributed by atoms with Gasteiger partial charge in [-0.15, -0.1) is 0 Å². The van der Waals surface area contributed by atoms with E-state index in [2.05, 4.69) is 10.5 Å². The maximum atomic E-state index is 13.3. The van der Waals surface area contributed by atoms with Gasteiger partial charge in [-0.2, -0.15) is 0 Å². The van der Waals surface area contributed by atoms with Crippen LogP contribution in [0.5, 0.6) is 5.75 Å². The highest BCUT2D eigenvalue weighted by molar-refractivity contribution is 5.91. The number of rotatable bonds is 5. The van der Waals surface area contributed by atoms with Crippen molar-refractivity contribution in [3.05, 3.63) is 65.2 Å². The molecule has 0 unspecified atom stereocenters. The van der Waals surface area contributed by atoms with Crippen molar-refractivity contribution in [2.24, 2.45) is 0 Å². The van der Waals surface area contributed by atoms with Gasteiger partial charge in [0.2, 0.25) is 5.88 Å². The fourth-order valence-electron chi connectivity index (χ4n) is 2.25. The molecule has 1 aromatic heterocycles. The largest absolute Gasteiger partial charge is 0.484 e. The number of carbonyl (C=O) groups is 1. The number of halogens is 2. The van der Waals surface area contributed by atoms with E-state index < -0.39 is 17.5 Å². The molecule has 0 bridgehead atoms. The summed E-state index contributed by atoms with van der Waals surface area (Å²) in [6.07, 6.45) is 0. The van der Waals surface area contributed by atoms with E-state index in [1.807, 2.05) is 26.0 Å². The van der Waals surface area contributed by atoms with Crippen molar-refractivity contribution in [2.45, 2.75) is 13.8 Å². The molecule has 0 radical (unpaired) electrons. The Morgan fingerprint density at radius 1 is 1.08 bits per heavy atom. The van der Waals surface area contributed by atoms with Gasteiger partial charge in [0.05, 0.1) is 0 Å². The van der Waals surface area contributed by atoms with Crippen LogP contribution >= 0.6 is 0 Å². The molecule has 7 heteroatoms. The number of carbonyl (C=O) groups excluding carboxylic acids is 1. The number of nitrogens with zero attached hydrogens (tertiary/aromatic N) is 1. The molecular weight excluding hydrogens is 342 g/mol. The van der Waals surface area contributed by atoms with Gasteiger partial charge < -0.3 is 9.26 Å². The summed E-state index contributed by atoms with van der Waals surface area (Å²) in [7, 11) is 0. The molecule has 0 aliphatic rings. The molecular formula is C19H16F2N2O3. The quantitative estimate of drug-likeness (QED) is 0.740. The zero-order valence-electron chi connectivity index (χ0n) is 14.2. The Morgan fingerprint density at radius 3 is 2.62 bits per heavy atom. The first-order valence-electron chi connectivity index (χ1n) is 7.84. The number of ether oxygens (including phenoxy) is 1. The molecule has 5 nitrogen and oxygen atoms in total. The summed E-state index contributed by atoms with van der Waals surface area (Å²) in [6.45, 7) is 3.74. The van der Waals surface area contributed by atoms with E-state index in [0.717, 1.165) is 23.3 Å². The van der Waals surface area contributed by atoms with Crippen molar-refractivity contribution in [2.75, 3.05) is 11.9 Å². The maximum absolute atomic E-state index is 13.3. The van der Waals surface area contributed by atoms with Gasteiger partial charge in [-0.25, -0.2) is 8.78 Å². The summed E-state index contributed by atoms with van der Waals surface area (Å²) >= 11 is 0. The van der Waals surface area contributed by atoms with Crippen LogP contribution in [0.1, 0.15) is 11.1 Å². The number of benzene rings is 2. The molecule has 0 aliphatic carbocycles. The highest BCUT2D eigenvalue weighted by atomic mass is 19.2. The van der Waals surface area contributed by atoms with Gasteiger partial charge in [0, 0.05) is 11.6 Å². The third kappa shape index (κ3) is 4.05. The molecule has 2 aromatic carbocycles. The lowest BCUT2D eigenvalue weighted by Gasteiger charge is -2.07. The van der Waals surface area contributed by atoms with Crippen LogP contribution in [0, 0.1) is 25.5 Å². The Bertz CT molecular complexity index is 954. The number of hydrogen-bond acceptors (Lipinski definition) is 4. The topological polar surface area (TPSA) is 64.4 Å². The first-order chi connectivity index (χ1) is 12.4. The van der Waals surface area contributed by atoms with Crippen LogP contribution in [-0.4, -0.2) is 17.7 Å². The second-order valence-electron chi connectivity index (χ2n) is 5.79. The summed E-state index contributed by atoms with van der Waals surface area (Å²) in [6, 6.07) is 10.3. The zero-order valence-corrected chi connectivity index (χ0v) is 14.2. The molecule has 0 saturated heterocycles. The van der Waals surface area contributed by atoms with Crippen LogP contribution in [0.4, 0.5) is 14.7 Å². The van der Waals surface area contributed by atoms with Gasteiger partial charge >= 0.3 is 0 Å². The molecule has 3 rings (SSSR count). The van der Waals surface area contributed by atoms with E-state index in [1.165, 1.54) is 12.1 Å². The normalized spacial score (nSPS) is 10.6. The number of hydrogen-bond donors (Lipinski definition) is 1. The monoisotopic (exact) mass is 358 g/mol. The molecule has 0 saturated carbocycles. The molecule has 1 N–H and O–H groups in total. The van der Waals surface area contributed by atoms with E-state index in [4.69, 9.17) is 9.26 Å². The third-order valence-electron chi connectivity index (χ3n) is 3.84. The third-order valence-corrected chi connectivity index (χ3v) is 3.84. The second-order valence-corrected chi connectivity index (χ2v) is 5.79. The van der Waals surface area contributed by atoms with Crippen molar-refractivity contribution in [3.63, 3.8) is 0 Å². The molecule has 1 heterocycles. The summed E-state index contributed by atoms with van der Waals surface area (Å²) in [5.41, 5.74) is 2.80. The first kappa shape index (κ1) is 17.6. The Hall–Kier alpha value is -3.22. The zero-order chi connectivity index (χ0) is 18.7. The average Bonchev–Trinajstić information content (AvgIpc) is 3.07. The highest BCUT2D eigenvalue weighted by Crippen LogP contribution is 2.23. The van der Waals surface area contributed by atoms with Crippen LogP contribution in [0.25, 0.3) is 11.3 Å². The molecule has 0 fully saturated rings. The molecule has 3 aromatic rings. The summed E-state index contributed by atoms with van der Waals surface area (Å²) in [5.74, 6) is -1.70.